The molecule has 23 heavy (non-hydrogen) atoms. The number of Topliss-reactive ketones (excluding diaryl/α,β-unsaturated/α-hetero) is 1. The van der Waals surface area contributed by atoms with Crippen molar-refractivity contribution < 1.29 is 14.7 Å². The summed E-state index contributed by atoms with van der Waals surface area (Å²) in [5.74, 6) is -1.05. The third-order valence-corrected chi connectivity index (χ3v) is 4.76. The number of carbonyl (C=O) groups excluding carboxylic acids is 1. The van der Waals surface area contributed by atoms with Gasteiger partial charge < -0.3 is 5.11 Å². The van der Waals surface area contributed by atoms with Crippen molar-refractivity contribution in [2.75, 3.05) is 13.1 Å². The first kappa shape index (κ1) is 17.7. The smallest absolute Gasteiger partial charge is 0.307 e. The number of carboxylic acids is 1. The number of ketones is 1. The molecule has 0 spiro atoms. The minimum Gasteiger partial charge on any atom is -0.481 e. The van der Waals surface area contributed by atoms with Crippen molar-refractivity contribution >= 4 is 11.8 Å². The second kappa shape index (κ2) is 6.83. The van der Waals surface area contributed by atoms with E-state index >= 15 is 0 Å². The van der Waals surface area contributed by atoms with E-state index in [2.05, 4.69) is 20.8 Å². The van der Waals surface area contributed by atoms with Crippen molar-refractivity contribution in [3.05, 3.63) is 35.4 Å². The number of hydrogen-bond donors (Lipinski definition) is 1. The maximum atomic E-state index is 12.7. The van der Waals surface area contributed by atoms with Crippen LogP contribution in [-0.4, -0.2) is 40.9 Å². The van der Waals surface area contributed by atoms with Crippen LogP contribution < -0.4 is 0 Å². The maximum Gasteiger partial charge on any atom is 0.307 e. The average Bonchev–Trinajstić information content (AvgIpc) is 2.53. The number of rotatable bonds is 4. The van der Waals surface area contributed by atoms with E-state index in [0.29, 0.717) is 18.5 Å². The van der Waals surface area contributed by atoms with Gasteiger partial charge in [0.05, 0.1) is 12.0 Å². The predicted octanol–water partition coefficient (Wildman–Crippen LogP) is 3.35. The van der Waals surface area contributed by atoms with Gasteiger partial charge in [-0.1, -0.05) is 45.0 Å². The minimum absolute atomic E-state index is 0.0643. The first-order valence-electron chi connectivity index (χ1n) is 8.32. The Hall–Kier alpha value is -1.68. The van der Waals surface area contributed by atoms with Crippen LogP contribution in [0.4, 0.5) is 0 Å². The summed E-state index contributed by atoms with van der Waals surface area (Å²) in [7, 11) is 0. The second-order valence-electron chi connectivity index (χ2n) is 7.54. The molecule has 0 amide bonds. The molecule has 2 atom stereocenters. The van der Waals surface area contributed by atoms with E-state index < -0.39 is 5.97 Å². The Morgan fingerprint density at radius 3 is 2.35 bits per heavy atom. The zero-order valence-corrected chi connectivity index (χ0v) is 14.5. The summed E-state index contributed by atoms with van der Waals surface area (Å²) in [6.07, 6.45) is 1.53. The molecule has 4 nitrogen and oxygen atoms in total. The molecule has 1 saturated heterocycles. The molecule has 1 N–H and O–H groups in total. The molecule has 4 heteroatoms. The van der Waals surface area contributed by atoms with E-state index in [0.717, 1.165) is 13.0 Å². The molecule has 1 aliphatic rings. The first-order valence-corrected chi connectivity index (χ1v) is 8.32. The van der Waals surface area contributed by atoms with Gasteiger partial charge in [-0.2, -0.15) is 0 Å². The fourth-order valence-corrected chi connectivity index (χ4v) is 3.10. The maximum absolute atomic E-state index is 12.7. The van der Waals surface area contributed by atoms with E-state index in [1.54, 1.807) is 0 Å². The van der Waals surface area contributed by atoms with Crippen LogP contribution >= 0.6 is 0 Å². The first-order chi connectivity index (χ1) is 10.7. The predicted molar refractivity (Wildman–Crippen MR) is 90.9 cm³/mol. The highest BCUT2D eigenvalue weighted by molar-refractivity contribution is 5.99. The minimum atomic E-state index is -0.760. The van der Waals surface area contributed by atoms with Crippen molar-refractivity contribution in [1.29, 1.82) is 0 Å². The van der Waals surface area contributed by atoms with Gasteiger partial charge in [-0.15, -0.1) is 0 Å². The monoisotopic (exact) mass is 317 g/mol. The van der Waals surface area contributed by atoms with Crippen molar-refractivity contribution in [3.63, 3.8) is 0 Å². The molecule has 0 bridgehead atoms. The van der Waals surface area contributed by atoms with Crippen LogP contribution in [0.5, 0.6) is 0 Å². The van der Waals surface area contributed by atoms with Crippen LogP contribution in [0.15, 0.2) is 24.3 Å². The fraction of sp³-hybridized carbons (Fsp3) is 0.579. The van der Waals surface area contributed by atoms with Gasteiger partial charge in [-0.05, 0) is 37.3 Å². The highest BCUT2D eigenvalue weighted by Crippen LogP contribution is 2.24. The highest BCUT2D eigenvalue weighted by atomic mass is 16.4. The summed E-state index contributed by atoms with van der Waals surface area (Å²) in [5, 5.41) is 9.19. The van der Waals surface area contributed by atoms with Crippen molar-refractivity contribution in [2.45, 2.75) is 52.0 Å². The van der Waals surface area contributed by atoms with Gasteiger partial charge in [0.25, 0.3) is 0 Å². The Bertz CT molecular complexity index is 571. The second-order valence-corrected chi connectivity index (χ2v) is 7.54. The summed E-state index contributed by atoms with van der Waals surface area (Å²) >= 11 is 0. The Balaban J connectivity index is 2.08. The molecular formula is C19H27NO3. The lowest BCUT2D eigenvalue weighted by Crippen LogP contribution is -2.46. The quantitative estimate of drug-likeness (QED) is 0.865. The molecule has 0 aliphatic carbocycles. The summed E-state index contributed by atoms with van der Waals surface area (Å²) in [6.45, 7) is 9.56. The largest absolute Gasteiger partial charge is 0.481 e. The van der Waals surface area contributed by atoms with Gasteiger partial charge in [-0.25, -0.2) is 0 Å². The molecular weight excluding hydrogens is 290 g/mol. The summed E-state index contributed by atoms with van der Waals surface area (Å²) in [6, 6.07) is 7.51. The topological polar surface area (TPSA) is 57.6 Å². The van der Waals surface area contributed by atoms with Crippen molar-refractivity contribution in [1.82, 2.24) is 4.90 Å². The normalized spacial score (nSPS) is 21.0. The van der Waals surface area contributed by atoms with Crippen molar-refractivity contribution in [2.24, 2.45) is 5.92 Å². The number of hydrogen-bond acceptors (Lipinski definition) is 3. The number of benzene rings is 1. The van der Waals surface area contributed by atoms with E-state index in [4.69, 9.17) is 0 Å². The SMILES string of the molecule is CC(C(=O)c1ccc(C(C)(C)C)cc1)N1CCCC(C(=O)O)C1. The molecule has 1 aromatic carbocycles. The summed E-state index contributed by atoms with van der Waals surface area (Å²) < 4.78 is 0. The van der Waals surface area contributed by atoms with Crippen LogP contribution in [0.3, 0.4) is 0 Å². The number of carbonyl (C=O) groups is 2. The van der Waals surface area contributed by atoms with E-state index in [1.807, 2.05) is 36.1 Å². The summed E-state index contributed by atoms with van der Waals surface area (Å²) in [4.78, 5) is 25.9. The van der Waals surface area contributed by atoms with E-state index in [9.17, 15) is 14.7 Å². The van der Waals surface area contributed by atoms with Crippen LogP contribution in [-0.2, 0) is 10.2 Å². The Morgan fingerprint density at radius 2 is 1.83 bits per heavy atom. The molecule has 2 unspecified atom stereocenters. The van der Waals surface area contributed by atoms with Crippen LogP contribution in [0.1, 0.15) is 56.5 Å². The molecule has 0 radical (unpaired) electrons. The molecule has 2 rings (SSSR count). The average molecular weight is 317 g/mol. The third kappa shape index (κ3) is 4.20. The highest BCUT2D eigenvalue weighted by Gasteiger charge is 2.31. The molecule has 1 fully saturated rings. The zero-order valence-electron chi connectivity index (χ0n) is 14.5. The van der Waals surface area contributed by atoms with Gasteiger partial charge in [0.1, 0.15) is 0 Å². The number of aliphatic carboxylic acids is 1. The summed E-state index contributed by atoms with van der Waals surface area (Å²) in [5.41, 5.74) is 1.96. The molecule has 0 saturated carbocycles. The molecule has 1 heterocycles. The Morgan fingerprint density at radius 1 is 1.22 bits per heavy atom. The van der Waals surface area contributed by atoms with Gasteiger partial charge in [0, 0.05) is 12.1 Å². The Labute approximate surface area is 138 Å². The van der Waals surface area contributed by atoms with Crippen molar-refractivity contribution in [3.8, 4) is 0 Å². The number of likely N-dealkylation sites (tertiary alicyclic amines) is 1. The molecule has 1 aliphatic heterocycles. The lowest BCUT2D eigenvalue weighted by Gasteiger charge is -2.34. The van der Waals surface area contributed by atoms with E-state index in [-0.39, 0.29) is 23.2 Å². The molecule has 126 valence electrons. The molecule has 1 aromatic rings. The third-order valence-electron chi connectivity index (χ3n) is 4.76. The number of nitrogens with zero attached hydrogens (tertiary/aromatic N) is 1. The lowest BCUT2D eigenvalue weighted by molar-refractivity contribution is -0.143. The standard InChI is InChI=1S/C19H27NO3/c1-13(20-11-5-6-15(12-20)18(22)23)17(21)14-7-9-16(10-8-14)19(2,3)4/h7-10,13,15H,5-6,11-12H2,1-4H3,(H,22,23). The number of piperidine rings is 1. The van der Waals surface area contributed by atoms with Crippen LogP contribution in [0.25, 0.3) is 0 Å². The zero-order chi connectivity index (χ0) is 17.2. The lowest BCUT2D eigenvalue weighted by atomic mass is 9.86. The van der Waals surface area contributed by atoms with E-state index in [1.165, 1.54) is 5.56 Å². The Kier molecular flexibility index (Phi) is 5.25. The van der Waals surface area contributed by atoms with Crippen LogP contribution in [0.2, 0.25) is 0 Å². The fourth-order valence-electron chi connectivity index (χ4n) is 3.10. The van der Waals surface area contributed by atoms with Crippen LogP contribution in [0, 0.1) is 5.92 Å². The van der Waals surface area contributed by atoms with Gasteiger partial charge in [-0.3, -0.25) is 14.5 Å². The van der Waals surface area contributed by atoms with Gasteiger partial charge in [0.2, 0.25) is 0 Å². The van der Waals surface area contributed by atoms with Gasteiger partial charge >= 0.3 is 5.97 Å². The number of carboxylic acid groups (broad SMARTS) is 1. The molecule has 0 aromatic heterocycles. The van der Waals surface area contributed by atoms with Gasteiger partial charge in [0.15, 0.2) is 5.78 Å².